The Morgan fingerprint density at radius 1 is 1.32 bits per heavy atom. The van der Waals surface area contributed by atoms with Crippen molar-refractivity contribution in [2.45, 2.75) is 25.7 Å². The molecule has 1 unspecified atom stereocenters. The number of guanidine groups is 1. The van der Waals surface area contributed by atoms with Gasteiger partial charge in [0.2, 0.25) is 11.9 Å². The van der Waals surface area contributed by atoms with Gasteiger partial charge in [0.15, 0.2) is 6.19 Å². The number of ether oxygens (including phenoxy) is 1. The van der Waals surface area contributed by atoms with E-state index in [-0.39, 0.29) is 36.2 Å². The van der Waals surface area contributed by atoms with E-state index in [0.717, 1.165) is 12.1 Å². The van der Waals surface area contributed by atoms with E-state index in [4.69, 9.17) is 23.2 Å². The summed E-state index contributed by atoms with van der Waals surface area (Å²) in [5.74, 6) is -1.06. The first kappa shape index (κ1) is 27.8. The van der Waals surface area contributed by atoms with Gasteiger partial charge in [0.25, 0.3) is 0 Å². The Morgan fingerprint density at radius 3 is 2.70 bits per heavy atom. The fourth-order valence-electron chi connectivity index (χ4n) is 3.61. The maximum Gasteiger partial charge on any atom is 0.573 e. The van der Waals surface area contributed by atoms with Crippen LogP contribution < -0.4 is 10.1 Å². The van der Waals surface area contributed by atoms with Crippen LogP contribution >= 0.6 is 23.2 Å². The maximum atomic E-state index is 12.7. The molecule has 14 heteroatoms. The quantitative estimate of drug-likeness (QED) is 0.135. The Balaban J connectivity index is 2.05. The van der Waals surface area contributed by atoms with Gasteiger partial charge in [0.05, 0.1) is 40.5 Å². The molecule has 1 aliphatic heterocycles. The van der Waals surface area contributed by atoms with Crippen LogP contribution in [0.25, 0.3) is 0 Å². The molecule has 0 radical (unpaired) electrons. The van der Waals surface area contributed by atoms with Crippen molar-refractivity contribution in [2.75, 3.05) is 13.1 Å². The number of hydrazone groups is 1. The van der Waals surface area contributed by atoms with Crippen molar-refractivity contribution in [1.82, 2.24) is 15.2 Å². The average Bonchev–Trinajstić information content (AvgIpc) is 3.25. The molecule has 37 heavy (non-hydrogen) atoms. The number of aldehydes is 1. The standard InChI is InChI=1S/C23H19Cl2F3N6O3/c1-2-33(20(36)8-9-35)19-12-34(32-21(19)14-6-7-17(24)18(25)10-14)22(30-13-29)31-15-4-3-5-16(11-15)37-23(26,27)28/h3-7,9-11,19H,2,8,12H2,1H3,(H,30,31). The summed E-state index contributed by atoms with van der Waals surface area (Å²) >= 11 is 12.2. The van der Waals surface area contributed by atoms with Gasteiger partial charge in [-0.3, -0.25) is 10.1 Å². The number of amides is 1. The Morgan fingerprint density at radius 2 is 2.08 bits per heavy atom. The van der Waals surface area contributed by atoms with Crippen LogP contribution in [0, 0.1) is 11.5 Å². The highest BCUT2D eigenvalue weighted by molar-refractivity contribution is 6.42. The number of carbonyl (C=O) groups is 2. The molecule has 2 aromatic carbocycles. The number of aliphatic imine (C=N–C) groups is 1. The topological polar surface area (TPSA) is 110 Å². The summed E-state index contributed by atoms with van der Waals surface area (Å²) in [5, 5.41) is 18.0. The third-order valence-electron chi connectivity index (χ3n) is 5.10. The molecule has 0 aromatic heterocycles. The SMILES string of the molecule is CCN(C(=O)CC=O)C1CN(C(=Nc2cccc(OC(F)(F)F)c2)NC#N)N=C1c1ccc(Cl)c(Cl)c1. The lowest BCUT2D eigenvalue weighted by Crippen LogP contribution is -2.48. The van der Waals surface area contributed by atoms with Gasteiger partial charge >= 0.3 is 6.36 Å². The minimum atomic E-state index is -4.89. The third-order valence-corrected chi connectivity index (χ3v) is 5.84. The van der Waals surface area contributed by atoms with Gasteiger partial charge in [-0.05, 0) is 31.2 Å². The smallest absolute Gasteiger partial charge is 0.406 e. The van der Waals surface area contributed by atoms with Crippen molar-refractivity contribution in [3.8, 4) is 11.9 Å². The minimum Gasteiger partial charge on any atom is -0.406 e. The minimum absolute atomic E-state index is 0.0142. The number of rotatable bonds is 7. The molecule has 1 aliphatic rings. The molecule has 194 valence electrons. The summed E-state index contributed by atoms with van der Waals surface area (Å²) in [7, 11) is 0. The highest BCUT2D eigenvalue weighted by Gasteiger charge is 2.36. The predicted octanol–water partition coefficient (Wildman–Crippen LogP) is 4.48. The summed E-state index contributed by atoms with van der Waals surface area (Å²) in [5.41, 5.74) is 0.941. The monoisotopic (exact) mass is 554 g/mol. The van der Waals surface area contributed by atoms with Gasteiger partial charge in [-0.15, -0.1) is 13.2 Å². The van der Waals surface area contributed by atoms with Crippen molar-refractivity contribution in [2.24, 2.45) is 10.1 Å². The molecule has 2 aromatic rings. The number of nitrogens with one attached hydrogen (secondary N) is 1. The van der Waals surface area contributed by atoms with Gasteiger partial charge in [0, 0.05) is 18.2 Å². The highest BCUT2D eigenvalue weighted by Crippen LogP contribution is 2.29. The van der Waals surface area contributed by atoms with Crippen molar-refractivity contribution >= 4 is 52.8 Å². The van der Waals surface area contributed by atoms with E-state index in [1.807, 2.05) is 0 Å². The first-order valence-corrected chi connectivity index (χ1v) is 11.5. The number of nitriles is 1. The van der Waals surface area contributed by atoms with Crippen LogP contribution in [0.1, 0.15) is 18.9 Å². The molecule has 0 saturated heterocycles. The maximum absolute atomic E-state index is 12.7. The third kappa shape index (κ3) is 7.12. The molecule has 1 heterocycles. The van der Waals surface area contributed by atoms with Crippen LogP contribution in [0.15, 0.2) is 52.6 Å². The molecule has 0 saturated carbocycles. The van der Waals surface area contributed by atoms with Crippen molar-refractivity contribution < 1.29 is 27.5 Å². The molecule has 1 amide bonds. The van der Waals surface area contributed by atoms with E-state index >= 15 is 0 Å². The fourth-order valence-corrected chi connectivity index (χ4v) is 3.90. The van der Waals surface area contributed by atoms with E-state index in [1.165, 1.54) is 22.0 Å². The molecular formula is C23H19Cl2F3N6O3. The van der Waals surface area contributed by atoms with Gasteiger partial charge < -0.3 is 14.4 Å². The average molecular weight is 555 g/mol. The van der Waals surface area contributed by atoms with Crippen LogP contribution in [-0.2, 0) is 9.59 Å². The highest BCUT2D eigenvalue weighted by atomic mass is 35.5. The normalized spacial score (nSPS) is 15.6. The fraction of sp³-hybridized carbons (Fsp3) is 0.261. The van der Waals surface area contributed by atoms with Crippen molar-refractivity contribution in [3.63, 3.8) is 0 Å². The lowest BCUT2D eigenvalue weighted by atomic mass is 10.0. The molecule has 0 bridgehead atoms. The summed E-state index contributed by atoms with van der Waals surface area (Å²) in [6.07, 6.45) is -3.02. The second kappa shape index (κ2) is 11.9. The number of hydrogen-bond donors (Lipinski definition) is 1. The first-order chi connectivity index (χ1) is 17.6. The molecule has 1 N–H and O–H groups in total. The Kier molecular flexibility index (Phi) is 8.96. The van der Waals surface area contributed by atoms with Crippen LogP contribution in [0.5, 0.6) is 5.75 Å². The van der Waals surface area contributed by atoms with Crippen molar-refractivity contribution in [3.05, 3.63) is 58.1 Å². The van der Waals surface area contributed by atoms with Crippen LogP contribution in [0.4, 0.5) is 18.9 Å². The van der Waals surface area contributed by atoms with Gasteiger partial charge in [-0.1, -0.05) is 35.3 Å². The zero-order valence-corrected chi connectivity index (χ0v) is 20.7. The summed E-state index contributed by atoms with van der Waals surface area (Å²) in [6, 6.07) is 8.94. The van der Waals surface area contributed by atoms with E-state index in [1.54, 1.807) is 31.3 Å². The summed E-state index contributed by atoms with van der Waals surface area (Å²) < 4.78 is 41.8. The van der Waals surface area contributed by atoms with Gasteiger partial charge in [0.1, 0.15) is 12.0 Å². The molecule has 3 rings (SSSR count). The number of halogens is 5. The Bertz CT molecular complexity index is 1280. The number of carbonyl (C=O) groups excluding carboxylic acids is 2. The van der Waals surface area contributed by atoms with Gasteiger partial charge in [-0.25, -0.2) is 10.0 Å². The van der Waals surface area contributed by atoms with E-state index in [9.17, 15) is 28.0 Å². The first-order valence-electron chi connectivity index (χ1n) is 10.7. The number of likely N-dealkylation sites (N-methyl/N-ethyl adjacent to an activating group) is 1. The number of alkyl halides is 3. The second-order valence-corrected chi connectivity index (χ2v) is 8.29. The zero-order valence-electron chi connectivity index (χ0n) is 19.2. The van der Waals surface area contributed by atoms with Crippen LogP contribution in [-0.4, -0.2) is 59.3 Å². The molecule has 1 atom stereocenters. The zero-order chi connectivity index (χ0) is 27.2. The Hall–Kier alpha value is -3.82. The van der Waals surface area contributed by atoms with E-state index in [0.29, 0.717) is 22.6 Å². The largest absolute Gasteiger partial charge is 0.573 e. The van der Waals surface area contributed by atoms with E-state index in [2.05, 4.69) is 20.1 Å². The Labute approximate surface area is 219 Å². The van der Waals surface area contributed by atoms with Crippen molar-refractivity contribution in [1.29, 1.82) is 5.26 Å². The lowest BCUT2D eigenvalue weighted by molar-refractivity contribution is -0.274. The number of benzene rings is 2. The van der Waals surface area contributed by atoms with Crippen LogP contribution in [0.2, 0.25) is 10.0 Å². The van der Waals surface area contributed by atoms with Crippen LogP contribution in [0.3, 0.4) is 0 Å². The summed E-state index contributed by atoms with van der Waals surface area (Å²) in [6.45, 7) is 1.98. The molecular weight excluding hydrogens is 536 g/mol. The number of nitrogens with zero attached hydrogens (tertiary/aromatic N) is 5. The van der Waals surface area contributed by atoms with E-state index < -0.39 is 24.1 Å². The summed E-state index contributed by atoms with van der Waals surface area (Å²) in [4.78, 5) is 29.3. The molecule has 9 nitrogen and oxygen atoms in total. The molecule has 0 aliphatic carbocycles. The lowest BCUT2D eigenvalue weighted by Gasteiger charge is -2.28. The molecule has 0 fully saturated rings. The number of hydrogen-bond acceptors (Lipinski definition) is 6. The second-order valence-electron chi connectivity index (χ2n) is 7.48. The predicted molar refractivity (Wildman–Crippen MR) is 131 cm³/mol. The van der Waals surface area contributed by atoms with Gasteiger partial charge in [-0.2, -0.15) is 10.4 Å². The molecule has 0 spiro atoms.